The minimum atomic E-state index is -0.998. The van der Waals surface area contributed by atoms with Crippen LogP contribution in [0.1, 0.15) is 39.5 Å². The molecule has 0 aliphatic heterocycles. The van der Waals surface area contributed by atoms with E-state index in [-0.39, 0.29) is 6.54 Å². The third kappa shape index (κ3) is 9.01. The van der Waals surface area contributed by atoms with Crippen molar-refractivity contribution in [3.63, 3.8) is 0 Å². The molecule has 1 atom stereocenters. The molecule has 0 radical (unpaired) electrons. The summed E-state index contributed by atoms with van der Waals surface area (Å²) < 4.78 is 0. The lowest BCUT2D eigenvalue weighted by Gasteiger charge is -2.13. The number of unbranched alkanes of at least 4 members (excludes halogenated alkanes) is 1. The topological polar surface area (TPSA) is 108 Å². The van der Waals surface area contributed by atoms with E-state index >= 15 is 0 Å². The molecule has 0 fully saturated rings. The third-order valence-corrected chi connectivity index (χ3v) is 2.45. The highest BCUT2D eigenvalue weighted by atomic mass is 16.4. The second-order valence-corrected chi connectivity index (χ2v) is 4.22. The van der Waals surface area contributed by atoms with Crippen LogP contribution in [0.4, 0.5) is 4.79 Å². The summed E-state index contributed by atoms with van der Waals surface area (Å²) in [5.41, 5.74) is 0. The minimum Gasteiger partial charge on any atom is -0.480 e. The zero-order valence-electron chi connectivity index (χ0n) is 11.5. The average Bonchev–Trinajstić information content (AvgIpc) is 2.34. The summed E-state index contributed by atoms with van der Waals surface area (Å²) >= 11 is 0. The SMILES string of the molecule is CCCCNC(=O)NC(=O)CNC(CCC)C(=O)O. The highest BCUT2D eigenvalue weighted by molar-refractivity contribution is 5.95. The second-order valence-electron chi connectivity index (χ2n) is 4.22. The predicted molar refractivity (Wildman–Crippen MR) is 70.8 cm³/mol. The van der Waals surface area contributed by atoms with Gasteiger partial charge in [-0.3, -0.25) is 20.2 Å². The number of carbonyl (C=O) groups is 3. The van der Waals surface area contributed by atoms with Crippen molar-refractivity contribution >= 4 is 17.9 Å². The van der Waals surface area contributed by atoms with E-state index in [1.165, 1.54) is 0 Å². The van der Waals surface area contributed by atoms with Crippen molar-refractivity contribution in [2.24, 2.45) is 0 Å². The lowest BCUT2D eigenvalue weighted by Crippen LogP contribution is -2.47. The lowest BCUT2D eigenvalue weighted by molar-refractivity contribution is -0.139. The number of hydrogen-bond acceptors (Lipinski definition) is 4. The van der Waals surface area contributed by atoms with Crippen LogP contribution in [-0.2, 0) is 9.59 Å². The molecule has 0 saturated carbocycles. The molecule has 3 amide bonds. The largest absolute Gasteiger partial charge is 0.480 e. The fourth-order valence-corrected chi connectivity index (χ4v) is 1.41. The van der Waals surface area contributed by atoms with Crippen LogP contribution < -0.4 is 16.0 Å². The van der Waals surface area contributed by atoms with Crippen LogP contribution in [-0.4, -0.2) is 42.1 Å². The number of imide groups is 1. The van der Waals surface area contributed by atoms with Crippen molar-refractivity contribution in [2.45, 2.75) is 45.6 Å². The van der Waals surface area contributed by atoms with Gasteiger partial charge in [-0.15, -0.1) is 0 Å². The van der Waals surface area contributed by atoms with Gasteiger partial charge in [-0.25, -0.2) is 4.79 Å². The van der Waals surface area contributed by atoms with Gasteiger partial charge in [0.25, 0.3) is 0 Å². The van der Waals surface area contributed by atoms with Crippen LogP contribution in [0.15, 0.2) is 0 Å². The maximum Gasteiger partial charge on any atom is 0.321 e. The number of urea groups is 1. The summed E-state index contributed by atoms with van der Waals surface area (Å²) in [5.74, 6) is -1.54. The number of carboxylic acid groups (broad SMARTS) is 1. The van der Waals surface area contributed by atoms with Crippen molar-refractivity contribution in [3.05, 3.63) is 0 Å². The van der Waals surface area contributed by atoms with E-state index in [0.717, 1.165) is 12.8 Å². The van der Waals surface area contributed by atoms with Gasteiger partial charge < -0.3 is 10.4 Å². The minimum absolute atomic E-state index is 0.196. The summed E-state index contributed by atoms with van der Waals surface area (Å²) in [5, 5.41) is 16.1. The number of aliphatic carboxylic acids is 1. The Labute approximate surface area is 113 Å². The van der Waals surface area contributed by atoms with Crippen molar-refractivity contribution in [2.75, 3.05) is 13.1 Å². The van der Waals surface area contributed by atoms with E-state index in [0.29, 0.717) is 19.4 Å². The molecule has 7 heteroatoms. The van der Waals surface area contributed by atoms with E-state index in [1.807, 2.05) is 13.8 Å². The van der Waals surface area contributed by atoms with Gasteiger partial charge in [0, 0.05) is 6.54 Å². The molecule has 7 nitrogen and oxygen atoms in total. The van der Waals surface area contributed by atoms with Gasteiger partial charge in [-0.2, -0.15) is 0 Å². The van der Waals surface area contributed by atoms with Crippen molar-refractivity contribution in [3.8, 4) is 0 Å². The van der Waals surface area contributed by atoms with Crippen LogP contribution in [0, 0.1) is 0 Å². The van der Waals surface area contributed by atoms with Gasteiger partial charge >= 0.3 is 12.0 Å². The predicted octanol–water partition coefficient (Wildman–Crippen LogP) is 0.455. The smallest absolute Gasteiger partial charge is 0.321 e. The van der Waals surface area contributed by atoms with Crippen LogP contribution in [0.3, 0.4) is 0 Å². The van der Waals surface area contributed by atoms with Crippen LogP contribution >= 0.6 is 0 Å². The summed E-state index contributed by atoms with van der Waals surface area (Å²) in [6.45, 7) is 4.17. The van der Waals surface area contributed by atoms with Crippen LogP contribution in [0.5, 0.6) is 0 Å². The number of rotatable bonds is 9. The molecule has 0 aliphatic rings. The standard InChI is InChI=1S/C12H23N3O4/c1-3-5-7-13-12(19)15-10(16)8-14-9(6-4-2)11(17)18/h9,14H,3-8H2,1-2H3,(H,17,18)(H2,13,15,16,19). The summed E-state index contributed by atoms with van der Waals surface area (Å²) in [7, 11) is 0. The Morgan fingerprint density at radius 1 is 1.16 bits per heavy atom. The van der Waals surface area contributed by atoms with E-state index in [2.05, 4.69) is 16.0 Å². The van der Waals surface area contributed by atoms with Gasteiger partial charge in [0.05, 0.1) is 6.54 Å². The Hall–Kier alpha value is -1.63. The molecule has 0 rings (SSSR count). The molecule has 0 aromatic carbocycles. The molecule has 0 spiro atoms. The molecule has 110 valence electrons. The molecular weight excluding hydrogens is 250 g/mol. The number of amides is 3. The molecule has 1 unspecified atom stereocenters. The summed E-state index contributed by atoms with van der Waals surface area (Å²) in [4.78, 5) is 33.5. The van der Waals surface area contributed by atoms with E-state index < -0.39 is 23.9 Å². The number of hydrogen-bond donors (Lipinski definition) is 4. The van der Waals surface area contributed by atoms with Crippen molar-refractivity contribution < 1.29 is 19.5 Å². The van der Waals surface area contributed by atoms with Gasteiger partial charge in [0.2, 0.25) is 5.91 Å². The first-order valence-electron chi connectivity index (χ1n) is 6.55. The first-order chi connectivity index (χ1) is 9.01. The third-order valence-electron chi connectivity index (χ3n) is 2.45. The molecule has 0 aliphatic carbocycles. The normalized spacial score (nSPS) is 11.7. The van der Waals surface area contributed by atoms with Crippen molar-refractivity contribution in [1.82, 2.24) is 16.0 Å². The maximum atomic E-state index is 11.4. The van der Waals surface area contributed by atoms with Crippen molar-refractivity contribution in [1.29, 1.82) is 0 Å². The monoisotopic (exact) mass is 273 g/mol. The molecule has 0 aromatic heterocycles. The first kappa shape index (κ1) is 17.4. The van der Waals surface area contributed by atoms with Gasteiger partial charge in [0.1, 0.15) is 6.04 Å². The summed E-state index contributed by atoms with van der Waals surface area (Å²) in [6, 6.07) is -1.32. The fraction of sp³-hybridized carbons (Fsp3) is 0.750. The van der Waals surface area contributed by atoms with E-state index in [9.17, 15) is 14.4 Å². The van der Waals surface area contributed by atoms with Gasteiger partial charge in [0.15, 0.2) is 0 Å². The number of nitrogens with one attached hydrogen (secondary N) is 3. The Bertz CT molecular complexity index is 307. The second kappa shape index (κ2) is 10.3. The highest BCUT2D eigenvalue weighted by Crippen LogP contribution is 1.95. The Kier molecular flexibility index (Phi) is 9.42. The average molecular weight is 273 g/mol. The van der Waals surface area contributed by atoms with Gasteiger partial charge in [-0.05, 0) is 12.8 Å². The zero-order valence-corrected chi connectivity index (χ0v) is 11.5. The molecule has 0 heterocycles. The molecule has 19 heavy (non-hydrogen) atoms. The molecular formula is C12H23N3O4. The maximum absolute atomic E-state index is 11.4. The summed E-state index contributed by atoms with van der Waals surface area (Å²) in [6.07, 6.45) is 2.93. The number of carbonyl (C=O) groups excluding carboxylic acids is 2. The highest BCUT2D eigenvalue weighted by Gasteiger charge is 2.17. The van der Waals surface area contributed by atoms with E-state index in [1.54, 1.807) is 0 Å². The molecule has 0 bridgehead atoms. The van der Waals surface area contributed by atoms with E-state index in [4.69, 9.17) is 5.11 Å². The Morgan fingerprint density at radius 3 is 2.37 bits per heavy atom. The lowest BCUT2D eigenvalue weighted by atomic mass is 10.2. The van der Waals surface area contributed by atoms with Crippen LogP contribution in [0.25, 0.3) is 0 Å². The molecule has 0 aromatic rings. The van der Waals surface area contributed by atoms with Gasteiger partial charge in [-0.1, -0.05) is 26.7 Å². The molecule has 0 saturated heterocycles. The first-order valence-corrected chi connectivity index (χ1v) is 6.55. The molecule has 4 N–H and O–H groups in total. The zero-order chi connectivity index (χ0) is 14.7. The Morgan fingerprint density at radius 2 is 1.84 bits per heavy atom. The Balaban J connectivity index is 3.90. The quantitative estimate of drug-likeness (QED) is 0.456. The van der Waals surface area contributed by atoms with Crippen LogP contribution in [0.2, 0.25) is 0 Å². The number of carboxylic acids is 1. The fourth-order valence-electron chi connectivity index (χ4n) is 1.41.